The summed E-state index contributed by atoms with van der Waals surface area (Å²) in [5.41, 5.74) is 3.23. The molecule has 0 bridgehead atoms. The number of hydrogen-bond donors (Lipinski definition) is 1. The van der Waals surface area contributed by atoms with Crippen molar-refractivity contribution >= 4 is 39.8 Å². The maximum Gasteiger partial charge on any atom is 0.262 e. The Balaban J connectivity index is 1.60. The van der Waals surface area contributed by atoms with Crippen molar-refractivity contribution in [1.29, 1.82) is 0 Å². The van der Waals surface area contributed by atoms with Gasteiger partial charge in [0.1, 0.15) is 11.4 Å². The highest BCUT2D eigenvalue weighted by atomic mass is 32.1. The first kappa shape index (κ1) is 17.8. The van der Waals surface area contributed by atoms with Gasteiger partial charge < -0.3 is 0 Å². The van der Waals surface area contributed by atoms with E-state index in [4.69, 9.17) is 0 Å². The fraction of sp³-hybridized carbons (Fsp3) is 0.158. The minimum Gasteiger partial charge on any atom is -0.289 e. The van der Waals surface area contributed by atoms with Gasteiger partial charge in [-0.1, -0.05) is 43.3 Å². The number of aromatic nitrogens is 2. The number of thiophene rings is 1. The fourth-order valence-corrected chi connectivity index (χ4v) is 3.28. The smallest absolute Gasteiger partial charge is 0.262 e. The van der Waals surface area contributed by atoms with Crippen molar-refractivity contribution in [3.05, 3.63) is 69.6 Å². The summed E-state index contributed by atoms with van der Waals surface area (Å²) < 4.78 is 1.29. The molecule has 7 heteroatoms. The summed E-state index contributed by atoms with van der Waals surface area (Å²) in [6.07, 6.45) is 7.35. The molecule has 0 saturated heterocycles. The molecule has 1 aromatic carbocycles. The lowest BCUT2D eigenvalue weighted by Crippen LogP contribution is -2.29. The third kappa shape index (κ3) is 4.31. The fourth-order valence-electron chi connectivity index (χ4n) is 2.36. The van der Waals surface area contributed by atoms with Crippen LogP contribution in [0.5, 0.6) is 0 Å². The predicted octanol–water partition coefficient (Wildman–Crippen LogP) is 2.84. The summed E-state index contributed by atoms with van der Waals surface area (Å²) in [4.78, 5) is 30.4. The summed E-state index contributed by atoms with van der Waals surface area (Å²) in [7, 11) is 0. The molecule has 3 rings (SSSR count). The molecule has 0 aliphatic rings. The largest absolute Gasteiger partial charge is 0.289 e. The van der Waals surface area contributed by atoms with Crippen molar-refractivity contribution < 1.29 is 4.79 Å². The minimum absolute atomic E-state index is 0.126. The van der Waals surface area contributed by atoms with Crippen LogP contribution in [-0.2, 0) is 17.8 Å². The van der Waals surface area contributed by atoms with Gasteiger partial charge in [0, 0.05) is 11.1 Å². The lowest BCUT2D eigenvalue weighted by molar-refractivity contribution is -0.121. The van der Waals surface area contributed by atoms with Gasteiger partial charge in [0.2, 0.25) is 0 Å². The molecule has 1 N–H and O–H groups in total. The Morgan fingerprint density at radius 1 is 1.35 bits per heavy atom. The summed E-state index contributed by atoms with van der Waals surface area (Å²) in [6.45, 7) is 1.90. The van der Waals surface area contributed by atoms with E-state index >= 15 is 0 Å². The Hall–Kier alpha value is -3.06. The quantitative estimate of drug-likeness (QED) is 0.538. The standard InChI is InChI=1S/C19H18N4O2S/c1-2-15-11-16-18(26-15)20-13-23(19(16)25)12-17(24)22-21-10-6-9-14-7-4-3-5-8-14/h3-11,13H,2,12H2,1H3,(H,22,24)/b9-6+,21-10-. The number of nitrogens with one attached hydrogen (secondary N) is 1. The highest BCUT2D eigenvalue weighted by Crippen LogP contribution is 2.20. The second kappa shape index (κ2) is 8.35. The number of benzene rings is 1. The van der Waals surface area contributed by atoms with Crippen LogP contribution < -0.4 is 11.0 Å². The summed E-state index contributed by atoms with van der Waals surface area (Å²) >= 11 is 1.50. The average Bonchev–Trinajstić information content (AvgIpc) is 3.09. The van der Waals surface area contributed by atoms with Gasteiger partial charge in [-0.05, 0) is 24.1 Å². The van der Waals surface area contributed by atoms with E-state index in [1.807, 2.05) is 49.4 Å². The van der Waals surface area contributed by atoms with Crippen LogP contribution in [0.3, 0.4) is 0 Å². The zero-order chi connectivity index (χ0) is 18.4. The number of allylic oxidation sites excluding steroid dienone is 1. The van der Waals surface area contributed by atoms with Crippen molar-refractivity contribution in [2.75, 3.05) is 0 Å². The van der Waals surface area contributed by atoms with Gasteiger partial charge in [0.05, 0.1) is 11.7 Å². The Kier molecular flexibility index (Phi) is 5.70. The molecular weight excluding hydrogens is 348 g/mol. The Morgan fingerprint density at radius 2 is 2.15 bits per heavy atom. The van der Waals surface area contributed by atoms with Crippen molar-refractivity contribution in [3.63, 3.8) is 0 Å². The van der Waals surface area contributed by atoms with Crippen LogP contribution in [0.15, 0.2) is 58.7 Å². The predicted molar refractivity (Wildman–Crippen MR) is 105 cm³/mol. The molecule has 0 spiro atoms. The van der Waals surface area contributed by atoms with Crippen LogP contribution in [0.2, 0.25) is 0 Å². The normalized spacial score (nSPS) is 11.6. The van der Waals surface area contributed by atoms with Crippen LogP contribution in [-0.4, -0.2) is 21.7 Å². The van der Waals surface area contributed by atoms with E-state index in [9.17, 15) is 9.59 Å². The molecule has 0 unspecified atom stereocenters. The molecule has 3 aromatic rings. The molecule has 6 nitrogen and oxygen atoms in total. The lowest BCUT2D eigenvalue weighted by atomic mass is 10.2. The summed E-state index contributed by atoms with van der Waals surface area (Å²) in [6, 6.07) is 11.6. The minimum atomic E-state index is -0.386. The number of amides is 1. The van der Waals surface area contributed by atoms with Gasteiger partial charge in [0.25, 0.3) is 11.5 Å². The van der Waals surface area contributed by atoms with Crippen LogP contribution in [0.4, 0.5) is 0 Å². The van der Waals surface area contributed by atoms with E-state index in [0.29, 0.717) is 10.2 Å². The van der Waals surface area contributed by atoms with Crippen LogP contribution in [0.25, 0.3) is 16.3 Å². The lowest BCUT2D eigenvalue weighted by Gasteiger charge is -2.03. The van der Waals surface area contributed by atoms with Crippen LogP contribution in [0.1, 0.15) is 17.4 Å². The third-order valence-electron chi connectivity index (χ3n) is 3.67. The monoisotopic (exact) mass is 366 g/mol. The molecule has 0 radical (unpaired) electrons. The molecule has 2 heterocycles. The van der Waals surface area contributed by atoms with E-state index in [0.717, 1.165) is 16.9 Å². The van der Waals surface area contributed by atoms with Gasteiger partial charge in [-0.2, -0.15) is 5.10 Å². The average molecular weight is 366 g/mol. The molecule has 132 valence electrons. The maximum absolute atomic E-state index is 12.4. The number of fused-ring (bicyclic) bond motifs is 1. The van der Waals surface area contributed by atoms with Gasteiger partial charge in [0.15, 0.2) is 0 Å². The second-order valence-corrected chi connectivity index (χ2v) is 6.66. The van der Waals surface area contributed by atoms with Crippen LogP contribution in [0, 0.1) is 0 Å². The first-order chi connectivity index (χ1) is 12.7. The molecule has 2 aromatic heterocycles. The van der Waals surface area contributed by atoms with Crippen LogP contribution >= 0.6 is 11.3 Å². The number of hydrazone groups is 1. The maximum atomic E-state index is 12.4. The zero-order valence-corrected chi connectivity index (χ0v) is 15.1. The van der Waals surface area contributed by atoms with Crippen molar-refractivity contribution in [2.45, 2.75) is 19.9 Å². The molecule has 0 aliphatic carbocycles. The third-order valence-corrected chi connectivity index (χ3v) is 4.86. The first-order valence-electron chi connectivity index (χ1n) is 8.19. The number of carbonyl (C=O) groups excluding carboxylic acids is 1. The molecule has 0 atom stereocenters. The van der Waals surface area contributed by atoms with Gasteiger partial charge in [-0.25, -0.2) is 10.4 Å². The topological polar surface area (TPSA) is 76.3 Å². The molecule has 26 heavy (non-hydrogen) atoms. The molecular formula is C19H18N4O2S. The number of carbonyl (C=O) groups is 1. The van der Waals surface area contributed by atoms with Gasteiger partial charge in [-0.15, -0.1) is 11.3 Å². The summed E-state index contributed by atoms with van der Waals surface area (Å²) in [5.74, 6) is -0.386. The van der Waals surface area contributed by atoms with E-state index in [1.54, 1.807) is 6.08 Å². The number of aryl methyl sites for hydroxylation is 1. The van der Waals surface area contributed by atoms with Crippen molar-refractivity contribution in [1.82, 2.24) is 15.0 Å². The van der Waals surface area contributed by atoms with E-state index < -0.39 is 0 Å². The van der Waals surface area contributed by atoms with Crippen molar-refractivity contribution in [2.24, 2.45) is 5.10 Å². The second-order valence-electron chi connectivity index (χ2n) is 5.55. The van der Waals surface area contributed by atoms with Gasteiger partial charge >= 0.3 is 0 Å². The van der Waals surface area contributed by atoms with Crippen molar-refractivity contribution in [3.8, 4) is 0 Å². The molecule has 1 amide bonds. The summed E-state index contributed by atoms with van der Waals surface area (Å²) in [5, 5.41) is 4.40. The highest BCUT2D eigenvalue weighted by molar-refractivity contribution is 7.18. The van der Waals surface area contributed by atoms with E-state index in [1.165, 1.54) is 28.4 Å². The molecule has 0 saturated carbocycles. The van der Waals surface area contributed by atoms with E-state index in [2.05, 4.69) is 15.5 Å². The Labute approximate surface area is 154 Å². The van der Waals surface area contributed by atoms with Gasteiger partial charge in [-0.3, -0.25) is 14.2 Å². The first-order valence-corrected chi connectivity index (χ1v) is 9.00. The number of rotatable bonds is 6. The molecule has 0 fully saturated rings. The number of nitrogens with zero attached hydrogens (tertiary/aromatic N) is 3. The number of hydrogen-bond acceptors (Lipinski definition) is 5. The Bertz CT molecular complexity index is 1020. The SMILES string of the molecule is CCc1cc2c(=O)n(CC(=O)N/N=C\C=C\c3ccccc3)cnc2s1. The molecule has 0 aliphatic heterocycles. The Morgan fingerprint density at radius 3 is 2.92 bits per heavy atom. The zero-order valence-electron chi connectivity index (χ0n) is 14.3. The van der Waals surface area contributed by atoms with E-state index in [-0.39, 0.29) is 18.0 Å². The highest BCUT2D eigenvalue weighted by Gasteiger charge is 2.10.